The van der Waals surface area contributed by atoms with Crippen molar-refractivity contribution in [3.05, 3.63) is 101 Å². The van der Waals surface area contributed by atoms with E-state index in [1.807, 2.05) is 47.4 Å². The molecule has 0 aliphatic carbocycles. The molecule has 0 unspecified atom stereocenters. The number of esters is 1. The molecule has 9 nitrogen and oxygen atoms in total. The zero-order chi connectivity index (χ0) is 27.9. The number of hydrogen-bond donors (Lipinski definition) is 2. The molecule has 2 aliphatic heterocycles. The van der Waals surface area contributed by atoms with Crippen LogP contribution in [0.3, 0.4) is 0 Å². The van der Waals surface area contributed by atoms with Gasteiger partial charge in [-0.15, -0.1) is 0 Å². The molecule has 3 aromatic rings. The first-order chi connectivity index (χ1) is 19.4. The smallest absolute Gasteiger partial charge is 0.410 e. The highest BCUT2D eigenvalue weighted by molar-refractivity contribution is 5.89. The van der Waals surface area contributed by atoms with Crippen molar-refractivity contribution in [3.8, 4) is 5.75 Å². The maximum Gasteiger partial charge on any atom is 0.410 e. The van der Waals surface area contributed by atoms with Crippen LogP contribution in [0.25, 0.3) is 0 Å². The number of likely N-dealkylation sites (tertiary alicyclic amines) is 1. The van der Waals surface area contributed by atoms with Crippen molar-refractivity contribution in [1.82, 2.24) is 9.80 Å². The fraction of sp³-hybridized carbons (Fsp3) is 0.323. The largest absolute Gasteiger partial charge is 0.490 e. The van der Waals surface area contributed by atoms with E-state index >= 15 is 0 Å². The number of fused-ring (bicyclic) bond motifs is 1. The Morgan fingerprint density at radius 1 is 0.825 bits per heavy atom. The number of guanidine groups is 1. The topological polar surface area (TPSA) is 118 Å². The third kappa shape index (κ3) is 6.91. The van der Waals surface area contributed by atoms with Crippen molar-refractivity contribution >= 4 is 18.0 Å². The van der Waals surface area contributed by atoms with Crippen molar-refractivity contribution in [2.45, 2.75) is 45.1 Å². The predicted octanol–water partition coefficient (Wildman–Crippen LogP) is 4.48. The molecular formula is C31H34N4O5. The van der Waals surface area contributed by atoms with Gasteiger partial charge in [0.2, 0.25) is 0 Å². The molecule has 9 heteroatoms. The Balaban J connectivity index is 1.05. The van der Waals surface area contributed by atoms with Crippen molar-refractivity contribution in [3.63, 3.8) is 0 Å². The first-order valence-corrected chi connectivity index (χ1v) is 13.5. The summed E-state index contributed by atoms with van der Waals surface area (Å²) < 4.78 is 17.1. The number of piperidine rings is 1. The summed E-state index contributed by atoms with van der Waals surface area (Å²) in [6.07, 6.45) is 1.92. The molecule has 2 heterocycles. The van der Waals surface area contributed by atoms with Crippen LogP contribution in [-0.4, -0.2) is 53.6 Å². The maximum absolute atomic E-state index is 12.6. The Morgan fingerprint density at radius 3 is 2.27 bits per heavy atom. The number of amides is 1. The van der Waals surface area contributed by atoms with Gasteiger partial charge < -0.3 is 29.7 Å². The molecule has 40 heavy (non-hydrogen) atoms. The van der Waals surface area contributed by atoms with Crippen molar-refractivity contribution in [1.29, 1.82) is 5.41 Å². The molecule has 3 aromatic carbocycles. The monoisotopic (exact) mass is 542 g/mol. The van der Waals surface area contributed by atoms with Gasteiger partial charge in [0.1, 0.15) is 25.1 Å². The number of nitrogens with one attached hydrogen (secondary N) is 1. The van der Waals surface area contributed by atoms with Gasteiger partial charge >= 0.3 is 12.1 Å². The Hall–Kier alpha value is -4.53. The average Bonchev–Trinajstić information content (AvgIpc) is 2.99. The van der Waals surface area contributed by atoms with Gasteiger partial charge in [-0.2, -0.15) is 0 Å². The molecule has 1 amide bonds. The summed E-state index contributed by atoms with van der Waals surface area (Å²) in [5.74, 6) is 0.336. The summed E-state index contributed by atoms with van der Waals surface area (Å²) in [7, 11) is 0. The average molecular weight is 543 g/mol. The van der Waals surface area contributed by atoms with Crippen molar-refractivity contribution in [2.75, 3.05) is 19.6 Å². The van der Waals surface area contributed by atoms with Gasteiger partial charge in [0.05, 0.1) is 5.56 Å². The Kier molecular flexibility index (Phi) is 8.49. The minimum Gasteiger partial charge on any atom is -0.490 e. The van der Waals surface area contributed by atoms with Crippen LogP contribution in [-0.2, 0) is 35.7 Å². The molecule has 2 aliphatic rings. The SMILES string of the molecule is N=C(N)N1CCc2ccc(COC(=O)c3ccc(OC4CCN(C(=O)OCc5ccccc5)CC4)cc3)cc2C1. The van der Waals surface area contributed by atoms with Crippen LogP contribution < -0.4 is 10.5 Å². The van der Waals surface area contributed by atoms with Gasteiger partial charge in [0.15, 0.2) is 5.96 Å². The molecule has 0 atom stereocenters. The molecule has 3 N–H and O–H groups in total. The normalized spacial score (nSPS) is 15.2. The molecule has 0 radical (unpaired) electrons. The first kappa shape index (κ1) is 27.1. The zero-order valence-corrected chi connectivity index (χ0v) is 22.4. The Morgan fingerprint density at radius 2 is 1.55 bits per heavy atom. The van der Waals surface area contributed by atoms with E-state index < -0.39 is 5.97 Å². The fourth-order valence-corrected chi connectivity index (χ4v) is 4.97. The molecular weight excluding hydrogens is 508 g/mol. The van der Waals surface area contributed by atoms with Gasteiger partial charge in [0.25, 0.3) is 0 Å². The summed E-state index contributed by atoms with van der Waals surface area (Å²) in [4.78, 5) is 28.6. The lowest BCUT2D eigenvalue weighted by Crippen LogP contribution is -2.42. The van der Waals surface area contributed by atoms with Gasteiger partial charge in [-0.1, -0.05) is 48.5 Å². The number of rotatable bonds is 7. The van der Waals surface area contributed by atoms with Crippen molar-refractivity contribution in [2.24, 2.45) is 5.73 Å². The zero-order valence-electron chi connectivity index (χ0n) is 22.4. The molecule has 0 spiro atoms. The minimum atomic E-state index is -0.406. The second kappa shape index (κ2) is 12.5. The Bertz CT molecular complexity index is 1340. The van der Waals surface area contributed by atoms with Crippen LogP contribution in [0.15, 0.2) is 72.8 Å². The van der Waals surface area contributed by atoms with Crippen LogP contribution in [0.2, 0.25) is 0 Å². The van der Waals surface area contributed by atoms with Crippen LogP contribution in [0, 0.1) is 5.41 Å². The van der Waals surface area contributed by atoms with Crippen molar-refractivity contribution < 1.29 is 23.8 Å². The van der Waals surface area contributed by atoms with Crippen LogP contribution in [0.5, 0.6) is 5.75 Å². The number of nitrogens with two attached hydrogens (primary N) is 1. The number of ether oxygens (including phenoxy) is 3. The number of carbonyl (C=O) groups excluding carboxylic acids is 2. The summed E-state index contributed by atoms with van der Waals surface area (Å²) in [5.41, 5.74) is 10.3. The lowest BCUT2D eigenvalue weighted by Gasteiger charge is -2.31. The number of hydrogen-bond acceptors (Lipinski definition) is 6. The second-order valence-corrected chi connectivity index (χ2v) is 10.1. The molecule has 1 fully saturated rings. The minimum absolute atomic E-state index is 0.0149. The third-order valence-corrected chi connectivity index (χ3v) is 7.29. The summed E-state index contributed by atoms with van der Waals surface area (Å²) in [6.45, 7) is 2.88. The molecule has 0 saturated carbocycles. The van der Waals surface area contributed by atoms with Crippen LogP contribution in [0.4, 0.5) is 4.79 Å². The number of carbonyl (C=O) groups is 2. The molecule has 1 saturated heterocycles. The van der Waals surface area contributed by atoms with Gasteiger partial charge in [-0.3, -0.25) is 5.41 Å². The lowest BCUT2D eigenvalue weighted by atomic mass is 9.98. The lowest BCUT2D eigenvalue weighted by molar-refractivity contribution is 0.0472. The molecule has 208 valence electrons. The number of nitrogens with zero attached hydrogens (tertiary/aromatic N) is 2. The molecule has 0 bridgehead atoms. The van der Waals surface area contributed by atoms with Gasteiger partial charge in [0, 0.05) is 39.0 Å². The van der Waals surface area contributed by atoms with Crippen LogP contribution >= 0.6 is 0 Å². The predicted molar refractivity (Wildman–Crippen MR) is 150 cm³/mol. The molecule has 0 aromatic heterocycles. The summed E-state index contributed by atoms with van der Waals surface area (Å²) >= 11 is 0. The van der Waals surface area contributed by atoms with E-state index in [1.165, 1.54) is 5.56 Å². The van der Waals surface area contributed by atoms with Gasteiger partial charge in [-0.25, -0.2) is 9.59 Å². The van der Waals surface area contributed by atoms with E-state index in [4.69, 9.17) is 25.4 Å². The van der Waals surface area contributed by atoms with Gasteiger partial charge in [-0.05, 0) is 52.9 Å². The number of benzene rings is 3. The van der Waals surface area contributed by atoms with E-state index in [0.29, 0.717) is 43.8 Å². The second-order valence-electron chi connectivity index (χ2n) is 10.1. The summed E-state index contributed by atoms with van der Waals surface area (Å²) in [5, 5.41) is 7.67. The third-order valence-electron chi connectivity index (χ3n) is 7.29. The van der Waals surface area contributed by atoms with E-state index in [2.05, 4.69) is 6.07 Å². The highest BCUT2D eigenvalue weighted by atomic mass is 16.6. The van der Waals surface area contributed by atoms with E-state index in [-0.39, 0.29) is 31.4 Å². The van der Waals surface area contributed by atoms with E-state index in [1.54, 1.807) is 29.2 Å². The molecule has 5 rings (SSSR count). The maximum atomic E-state index is 12.6. The van der Waals surface area contributed by atoms with E-state index in [9.17, 15) is 9.59 Å². The first-order valence-electron chi connectivity index (χ1n) is 13.5. The van der Waals surface area contributed by atoms with Crippen LogP contribution in [0.1, 0.15) is 45.5 Å². The highest BCUT2D eigenvalue weighted by Gasteiger charge is 2.25. The van der Waals surface area contributed by atoms with E-state index in [0.717, 1.165) is 29.7 Å². The standard InChI is InChI=1S/C31H34N4O5/c32-30(33)35-15-12-24-7-6-23(18-26(24)19-35)21-38-29(36)25-8-10-27(11-9-25)40-28-13-16-34(17-14-28)31(37)39-20-22-4-2-1-3-5-22/h1-11,18,28H,12-17,19-21H2,(H3,32,33). The summed E-state index contributed by atoms with van der Waals surface area (Å²) in [6, 6.07) is 22.6. The quantitative estimate of drug-likeness (QED) is 0.257. The Labute approximate surface area is 233 Å². The highest BCUT2D eigenvalue weighted by Crippen LogP contribution is 2.23. The fourth-order valence-electron chi connectivity index (χ4n) is 4.97.